The fourth-order valence-corrected chi connectivity index (χ4v) is 3.45. The fraction of sp³-hybridized carbons (Fsp3) is 0.182. The molecule has 0 fully saturated rings. The van der Waals surface area contributed by atoms with Gasteiger partial charge >= 0.3 is 0 Å². The molecule has 0 heterocycles. The van der Waals surface area contributed by atoms with Gasteiger partial charge in [0.2, 0.25) is 0 Å². The molecule has 0 aliphatic carbocycles. The quantitative estimate of drug-likeness (QED) is 0.504. The molecular formula is C22H22O2. The molecule has 0 aliphatic rings. The molecule has 0 aromatic heterocycles. The Morgan fingerprint density at radius 3 is 1.25 bits per heavy atom. The molecule has 0 radical (unpaired) electrons. The molecule has 0 spiro atoms. The van der Waals surface area contributed by atoms with E-state index in [0.717, 1.165) is 16.7 Å². The second-order valence-corrected chi connectivity index (χ2v) is 6.35. The molecule has 1 unspecified atom stereocenters. The van der Waals surface area contributed by atoms with Crippen LogP contribution in [0.1, 0.15) is 30.5 Å². The van der Waals surface area contributed by atoms with Gasteiger partial charge < -0.3 is 0 Å². The molecular weight excluding hydrogens is 296 g/mol. The predicted octanol–water partition coefficient (Wildman–Crippen LogP) is 5.40. The topological polar surface area (TPSA) is 29.5 Å². The van der Waals surface area contributed by atoms with Crippen LogP contribution in [-0.2, 0) is 15.9 Å². The van der Waals surface area contributed by atoms with E-state index in [2.05, 4.69) is 31.2 Å². The highest BCUT2D eigenvalue weighted by Gasteiger charge is 2.50. The highest BCUT2D eigenvalue weighted by atomic mass is 17.1. The number of hydrogen-bond donors (Lipinski definition) is 1. The first-order valence-electron chi connectivity index (χ1n) is 8.12. The lowest BCUT2D eigenvalue weighted by atomic mass is 9.62. The monoisotopic (exact) mass is 318 g/mol. The molecule has 2 heteroatoms. The van der Waals surface area contributed by atoms with Gasteiger partial charge in [0.1, 0.15) is 5.60 Å². The predicted molar refractivity (Wildman–Crippen MR) is 96.8 cm³/mol. The second kappa shape index (κ2) is 6.60. The van der Waals surface area contributed by atoms with E-state index in [4.69, 9.17) is 4.89 Å². The van der Waals surface area contributed by atoms with Gasteiger partial charge in [0, 0.05) is 0 Å². The minimum atomic E-state index is -0.947. The van der Waals surface area contributed by atoms with Crippen molar-refractivity contribution < 1.29 is 10.1 Å². The van der Waals surface area contributed by atoms with Crippen molar-refractivity contribution in [3.05, 3.63) is 108 Å². The number of hydrogen-bond acceptors (Lipinski definition) is 2. The molecule has 0 amide bonds. The Hall–Kier alpha value is -2.42. The van der Waals surface area contributed by atoms with Gasteiger partial charge in [-0.15, -0.1) is 0 Å². The Morgan fingerprint density at radius 1 is 0.583 bits per heavy atom. The molecule has 1 N–H and O–H groups in total. The third-order valence-corrected chi connectivity index (χ3v) is 5.16. The van der Waals surface area contributed by atoms with Crippen molar-refractivity contribution in [2.45, 2.75) is 24.9 Å². The Morgan fingerprint density at radius 2 is 0.917 bits per heavy atom. The van der Waals surface area contributed by atoms with Gasteiger partial charge in [0.25, 0.3) is 0 Å². The standard InChI is InChI=1S/C22H22O2/c1-21(18-12-6-3-7-13-18,19-14-8-4-9-15-19)22(2,24-23)20-16-10-5-11-17-20/h3-17,23H,1-2H3. The van der Waals surface area contributed by atoms with Gasteiger partial charge in [0.05, 0.1) is 5.41 Å². The minimum Gasteiger partial charge on any atom is -0.251 e. The molecule has 0 aliphatic heterocycles. The van der Waals surface area contributed by atoms with Crippen LogP contribution in [0.5, 0.6) is 0 Å². The summed E-state index contributed by atoms with van der Waals surface area (Å²) in [5.41, 5.74) is 1.55. The molecule has 0 saturated carbocycles. The van der Waals surface area contributed by atoms with Gasteiger partial charge in [-0.25, -0.2) is 4.89 Å². The van der Waals surface area contributed by atoms with E-state index in [1.165, 1.54) is 0 Å². The summed E-state index contributed by atoms with van der Waals surface area (Å²) < 4.78 is 0. The maximum Gasteiger partial charge on any atom is 0.139 e. The summed E-state index contributed by atoms with van der Waals surface area (Å²) in [4.78, 5) is 5.20. The van der Waals surface area contributed by atoms with E-state index in [0.29, 0.717) is 0 Å². The third-order valence-electron chi connectivity index (χ3n) is 5.16. The van der Waals surface area contributed by atoms with Crippen LogP contribution in [0, 0.1) is 0 Å². The maximum atomic E-state index is 10.00. The lowest BCUT2D eigenvalue weighted by molar-refractivity contribution is -0.339. The molecule has 0 bridgehead atoms. The summed E-state index contributed by atoms with van der Waals surface area (Å²) in [5, 5.41) is 10.00. The lowest BCUT2D eigenvalue weighted by Crippen LogP contribution is -2.47. The lowest BCUT2D eigenvalue weighted by Gasteiger charge is -2.45. The number of benzene rings is 3. The molecule has 122 valence electrons. The van der Waals surface area contributed by atoms with Crippen LogP contribution in [0.2, 0.25) is 0 Å². The van der Waals surface area contributed by atoms with Crippen molar-refractivity contribution >= 4 is 0 Å². The van der Waals surface area contributed by atoms with Gasteiger partial charge in [-0.1, -0.05) is 91.0 Å². The Labute approximate surface area is 143 Å². The first kappa shape index (κ1) is 16.4. The van der Waals surface area contributed by atoms with Crippen LogP contribution in [0.15, 0.2) is 91.0 Å². The van der Waals surface area contributed by atoms with E-state index in [1.807, 2.05) is 73.7 Å². The molecule has 3 aromatic carbocycles. The smallest absolute Gasteiger partial charge is 0.139 e. The number of rotatable bonds is 5. The van der Waals surface area contributed by atoms with Crippen LogP contribution in [0.4, 0.5) is 0 Å². The SMILES string of the molecule is CC(OO)(c1ccccc1)C(C)(c1ccccc1)c1ccccc1. The van der Waals surface area contributed by atoms with Gasteiger partial charge in [-0.05, 0) is 30.5 Å². The van der Waals surface area contributed by atoms with E-state index in [1.54, 1.807) is 0 Å². The van der Waals surface area contributed by atoms with Gasteiger partial charge in [-0.3, -0.25) is 5.26 Å². The molecule has 3 rings (SSSR count). The zero-order valence-corrected chi connectivity index (χ0v) is 14.0. The summed E-state index contributed by atoms with van der Waals surface area (Å²) in [5.74, 6) is 0. The van der Waals surface area contributed by atoms with Gasteiger partial charge in [-0.2, -0.15) is 0 Å². The van der Waals surface area contributed by atoms with Crippen LogP contribution < -0.4 is 0 Å². The average Bonchev–Trinajstić information content (AvgIpc) is 2.68. The van der Waals surface area contributed by atoms with Crippen LogP contribution in [-0.4, -0.2) is 5.26 Å². The summed E-state index contributed by atoms with van der Waals surface area (Å²) in [6.45, 7) is 4.04. The molecule has 1 atom stereocenters. The van der Waals surface area contributed by atoms with Gasteiger partial charge in [0.15, 0.2) is 0 Å². The zero-order chi connectivity index (χ0) is 17.0. The highest BCUT2D eigenvalue weighted by Crippen LogP contribution is 2.49. The first-order chi connectivity index (χ1) is 11.6. The minimum absolute atomic E-state index is 0.578. The molecule has 24 heavy (non-hydrogen) atoms. The molecule has 3 aromatic rings. The summed E-state index contributed by atoms with van der Waals surface area (Å²) >= 11 is 0. The normalized spacial score (nSPS) is 14.1. The third kappa shape index (κ3) is 2.54. The van der Waals surface area contributed by atoms with Crippen LogP contribution >= 0.6 is 0 Å². The van der Waals surface area contributed by atoms with Crippen molar-refractivity contribution in [3.63, 3.8) is 0 Å². The first-order valence-corrected chi connectivity index (χ1v) is 8.12. The Kier molecular flexibility index (Phi) is 4.52. The van der Waals surface area contributed by atoms with Crippen molar-refractivity contribution in [3.8, 4) is 0 Å². The Balaban J connectivity index is 2.29. The van der Waals surface area contributed by atoms with Crippen LogP contribution in [0.25, 0.3) is 0 Å². The van der Waals surface area contributed by atoms with Crippen LogP contribution in [0.3, 0.4) is 0 Å². The zero-order valence-electron chi connectivity index (χ0n) is 14.0. The summed E-state index contributed by atoms with van der Waals surface area (Å²) in [7, 11) is 0. The Bertz CT molecular complexity index is 729. The van der Waals surface area contributed by atoms with Crippen molar-refractivity contribution in [2.75, 3.05) is 0 Å². The van der Waals surface area contributed by atoms with Crippen molar-refractivity contribution in [1.29, 1.82) is 0 Å². The maximum absolute atomic E-state index is 10.00. The summed E-state index contributed by atoms with van der Waals surface area (Å²) in [6.07, 6.45) is 0. The van der Waals surface area contributed by atoms with E-state index in [-0.39, 0.29) is 0 Å². The van der Waals surface area contributed by atoms with E-state index in [9.17, 15) is 5.26 Å². The highest BCUT2D eigenvalue weighted by molar-refractivity contribution is 5.45. The molecule has 2 nitrogen and oxygen atoms in total. The summed E-state index contributed by atoms with van der Waals surface area (Å²) in [6, 6.07) is 30.2. The van der Waals surface area contributed by atoms with Crippen molar-refractivity contribution in [1.82, 2.24) is 0 Å². The fourth-order valence-electron chi connectivity index (χ4n) is 3.45. The largest absolute Gasteiger partial charge is 0.251 e. The molecule has 0 saturated heterocycles. The average molecular weight is 318 g/mol. The van der Waals surface area contributed by atoms with E-state index < -0.39 is 11.0 Å². The van der Waals surface area contributed by atoms with Crippen molar-refractivity contribution in [2.24, 2.45) is 0 Å². The van der Waals surface area contributed by atoms with E-state index >= 15 is 0 Å². The second-order valence-electron chi connectivity index (χ2n) is 6.35.